The first-order valence-corrected chi connectivity index (χ1v) is 9.51. The summed E-state index contributed by atoms with van der Waals surface area (Å²) >= 11 is 5.57. The summed E-state index contributed by atoms with van der Waals surface area (Å²) in [5, 5.41) is 4.19. The molecule has 1 aliphatic heterocycles. The number of anilines is 1. The largest absolute Gasteiger partial charge is 0.493 e. The van der Waals surface area contributed by atoms with Crippen molar-refractivity contribution in [3.05, 3.63) is 48.2 Å². The van der Waals surface area contributed by atoms with Crippen molar-refractivity contribution in [2.75, 3.05) is 51.8 Å². The number of piperazine rings is 1. The van der Waals surface area contributed by atoms with Crippen LogP contribution in [-0.4, -0.2) is 61.9 Å². The van der Waals surface area contributed by atoms with Crippen molar-refractivity contribution >= 4 is 23.1 Å². The lowest BCUT2D eigenvalue weighted by Gasteiger charge is -2.36. The summed E-state index contributed by atoms with van der Waals surface area (Å²) in [4.78, 5) is 8.94. The molecule has 1 aromatic heterocycles. The third-order valence-corrected chi connectivity index (χ3v) is 5.08. The normalized spacial score (nSPS) is 14.0. The van der Waals surface area contributed by atoms with Gasteiger partial charge in [0.15, 0.2) is 16.6 Å². The highest BCUT2D eigenvalue weighted by molar-refractivity contribution is 7.80. The number of aromatic nitrogens is 1. The minimum Gasteiger partial charge on any atom is -0.493 e. The lowest BCUT2D eigenvalue weighted by molar-refractivity contribution is 0.354. The molecule has 0 radical (unpaired) electrons. The zero-order valence-electron chi connectivity index (χ0n) is 15.9. The van der Waals surface area contributed by atoms with Crippen LogP contribution in [0.1, 0.15) is 5.56 Å². The van der Waals surface area contributed by atoms with Crippen molar-refractivity contribution in [1.82, 2.24) is 15.2 Å². The van der Waals surface area contributed by atoms with Crippen LogP contribution < -0.4 is 19.7 Å². The van der Waals surface area contributed by atoms with E-state index in [0.717, 1.165) is 61.6 Å². The number of ether oxygens (including phenoxy) is 2. The average Bonchev–Trinajstić information content (AvgIpc) is 2.74. The summed E-state index contributed by atoms with van der Waals surface area (Å²) in [6, 6.07) is 12.0. The first kappa shape index (κ1) is 19.2. The minimum atomic E-state index is 0.746. The van der Waals surface area contributed by atoms with Crippen LogP contribution in [0.4, 0.5) is 5.82 Å². The molecule has 1 fully saturated rings. The molecule has 7 heteroatoms. The van der Waals surface area contributed by atoms with E-state index in [1.807, 2.05) is 30.5 Å². The first-order chi connectivity index (χ1) is 13.2. The lowest BCUT2D eigenvalue weighted by atomic mass is 10.1. The Bertz CT molecular complexity index is 749. The first-order valence-electron chi connectivity index (χ1n) is 9.11. The molecule has 0 amide bonds. The Balaban J connectivity index is 1.44. The number of nitrogens with one attached hydrogen (secondary N) is 1. The minimum absolute atomic E-state index is 0.746. The van der Waals surface area contributed by atoms with Crippen LogP contribution in [0.5, 0.6) is 11.5 Å². The quantitative estimate of drug-likeness (QED) is 0.765. The second-order valence-electron chi connectivity index (χ2n) is 6.33. The van der Waals surface area contributed by atoms with Crippen LogP contribution in [0.15, 0.2) is 42.6 Å². The topological polar surface area (TPSA) is 49.9 Å². The Morgan fingerprint density at radius 2 is 1.85 bits per heavy atom. The van der Waals surface area contributed by atoms with Gasteiger partial charge in [-0.05, 0) is 48.5 Å². The standard InChI is InChI=1S/C20H26N4O2S/c1-25-17-7-6-16(15-18(17)26-2)8-10-22-20(27)24-13-11-23(12-14-24)19-5-3-4-9-21-19/h3-7,9,15H,8,10-14H2,1-2H3,(H,22,27). The SMILES string of the molecule is COc1ccc(CCNC(=S)N2CCN(c3ccccn3)CC2)cc1OC. The fourth-order valence-corrected chi connectivity index (χ4v) is 3.43. The number of methoxy groups -OCH3 is 2. The molecule has 0 spiro atoms. The maximum absolute atomic E-state index is 5.57. The van der Waals surface area contributed by atoms with Crippen molar-refractivity contribution in [2.45, 2.75) is 6.42 Å². The predicted molar refractivity (Wildman–Crippen MR) is 112 cm³/mol. The molecule has 3 rings (SSSR count). The summed E-state index contributed by atoms with van der Waals surface area (Å²) in [7, 11) is 3.30. The van der Waals surface area contributed by atoms with Crippen LogP contribution in [0.25, 0.3) is 0 Å². The molecule has 1 N–H and O–H groups in total. The molecule has 0 atom stereocenters. The van der Waals surface area contributed by atoms with Crippen LogP contribution >= 0.6 is 12.2 Å². The summed E-state index contributed by atoms with van der Waals surface area (Å²) in [6.45, 7) is 4.44. The predicted octanol–water partition coefficient (Wildman–Crippen LogP) is 2.34. The molecular weight excluding hydrogens is 360 g/mol. The molecule has 0 bridgehead atoms. The Morgan fingerprint density at radius 1 is 1.07 bits per heavy atom. The number of benzene rings is 1. The zero-order chi connectivity index (χ0) is 19.1. The van der Waals surface area contributed by atoms with E-state index >= 15 is 0 Å². The molecule has 6 nitrogen and oxygen atoms in total. The Labute approximate surface area is 166 Å². The second kappa shape index (κ2) is 9.41. The highest BCUT2D eigenvalue weighted by Gasteiger charge is 2.19. The van der Waals surface area contributed by atoms with Gasteiger partial charge >= 0.3 is 0 Å². The summed E-state index contributed by atoms with van der Waals surface area (Å²) < 4.78 is 10.6. The Kier molecular flexibility index (Phi) is 6.70. The van der Waals surface area contributed by atoms with E-state index in [0.29, 0.717) is 0 Å². The Morgan fingerprint density at radius 3 is 2.52 bits per heavy atom. The highest BCUT2D eigenvalue weighted by atomic mass is 32.1. The fraction of sp³-hybridized carbons (Fsp3) is 0.400. The van der Waals surface area contributed by atoms with Crippen LogP contribution in [-0.2, 0) is 6.42 Å². The van der Waals surface area contributed by atoms with E-state index in [2.05, 4.69) is 32.2 Å². The van der Waals surface area contributed by atoms with Gasteiger partial charge in [-0.15, -0.1) is 0 Å². The van der Waals surface area contributed by atoms with Gasteiger partial charge in [-0.2, -0.15) is 0 Å². The second-order valence-corrected chi connectivity index (χ2v) is 6.72. The number of hydrogen-bond donors (Lipinski definition) is 1. The molecule has 1 saturated heterocycles. The van der Waals surface area contributed by atoms with Gasteiger partial charge in [0.05, 0.1) is 14.2 Å². The van der Waals surface area contributed by atoms with E-state index in [1.165, 1.54) is 5.56 Å². The van der Waals surface area contributed by atoms with Gasteiger partial charge in [0, 0.05) is 38.9 Å². The number of pyridine rings is 1. The van der Waals surface area contributed by atoms with Crippen LogP contribution in [0.3, 0.4) is 0 Å². The third-order valence-electron chi connectivity index (χ3n) is 4.68. The van der Waals surface area contributed by atoms with Crippen molar-refractivity contribution in [3.63, 3.8) is 0 Å². The Hall–Kier alpha value is -2.54. The van der Waals surface area contributed by atoms with Gasteiger partial charge in [0.2, 0.25) is 0 Å². The van der Waals surface area contributed by atoms with Crippen LogP contribution in [0, 0.1) is 0 Å². The van der Waals surface area contributed by atoms with Gasteiger partial charge in [-0.25, -0.2) is 4.98 Å². The number of hydrogen-bond acceptors (Lipinski definition) is 5. The monoisotopic (exact) mass is 386 g/mol. The molecular formula is C20H26N4O2S. The molecule has 27 heavy (non-hydrogen) atoms. The van der Waals surface area contributed by atoms with Gasteiger partial charge in [-0.1, -0.05) is 12.1 Å². The van der Waals surface area contributed by atoms with Gasteiger partial charge < -0.3 is 24.6 Å². The zero-order valence-corrected chi connectivity index (χ0v) is 16.7. The van der Waals surface area contributed by atoms with Gasteiger partial charge in [-0.3, -0.25) is 0 Å². The fourth-order valence-electron chi connectivity index (χ4n) is 3.14. The van der Waals surface area contributed by atoms with Crippen molar-refractivity contribution < 1.29 is 9.47 Å². The third kappa shape index (κ3) is 5.01. The van der Waals surface area contributed by atoms with Crippen LogP contribution in [0.2, 0.25) is 0 Å². The molecule has 1 aliphatic rings. The number of thiocarbonyl (C=S) groups is 1. The highest BCUT2D eigenvalue weighted by Crippen LogP contribution is 2.27. The summed E-state index contributed by atoms with van der Waals surface area (Å²) in [5.74, 6) is 2.53. The summed E-state index contributed by atoms with van der Waals surface area (Å²) in [5.41, 5.74) is 1.18. The average molecular weight is 387 g/mol. The number of nitrogens with zero attached hydrogens (tertiary/aromatic N) is 3. The van der Waals surface area contributed by atoms with E-state index in [-0.39, 0.29) is 0 Å². The smallest absolute Gasteiger partial charge is 0.169 e. The van der Waals surface area contributed by atoms with Crippen molar-refractivity contribution in [3.8, 4) is 11.5 Å². The molecule has 2 heterocycles. The molecule has 0 saturated carbocycles. The van der Waals surface area contributed by atoms with E-state index in [4.69, 9.17) is 21.7 Å². The number of rotatable bonds is 6. The van der Waals surface area contributed by atoms with Crippen molar-refractivity contribution in [2.24, 2.45) is 0 Å². The van der Waals surface area contributed by atoms with E-state index in [9.17, 15) is 0 Å². The van der Waals surface area contributed by atoms with E-state index in [1.54, 1.807) is 14.2 Å². The maximum atomic E-state index is 5.57. The van der Waals surface area contributed by atoms with Crippen molar-refractivity contribution in [1.29, 1.82) is 0 Å². The molecule has 2 aromatic rings. The maximum Gasteiger partial charge on any atom is 0.169 e. The lowest BCUT2D eigenvalue weighted by Crippen LogP contribution is -2.52. The van der Waals surface area contributed by atoms with Gasteiger partial charge in [0.25, 0.3) is 0 Å². The van der Waals surface area contributed by atoms with Gasteiger partial charge in [0.1, 0.15) is 5.82 Å². The molecule has 144 valence electrons. The summed E-state index contributed by atoms with van der Waals surface area (Å²) in [6.07, 6.45) is 2.70. The van der Waals surface area contributed by atoms with E-state index < -0.39 is 0 Å². The molecule has 0 unspecified atom stereocenters. The molecule has 0 aliphatic carbocycles. The molecule has 1 aromatic carbocycles.